The van der Waals surface area contributed by atoms with Crippen LogP contribution in [-0.2, 0) is 11.3 Å². The molecule has 4 rings (SSSR count). The van der Waals surface area contributed by atoms with E-state index in [4.69, 9.17) is 15.2 Å². The number of nitrogens with two attached hydrogens (primary N) is 1. The van der Waals surface area contributed by atoms with Crippen molar-refractivity contribution < 1.29 is 19.1 Å². The third-order valence-electron chi connectivity index (χ3n) is 5.00. The van der Waals surface area contributed by atoms with Crippen molar-refractivity contribution in [2.45, 2.75) is 6.54 Å². The predicted octanol–water partition coefficient (Wildman–Crippen LogP) is 3.15. The number of amides is 1. The fraction of sp³-hybridized carbons (Fsp3) is 0.174. The molecule has 0 spiro atoms. The summed E-state index contributed by atoms with van der Waals surface area (Å²) in [7, 11) is 1.32. The topological polar surface area (TPSA) is 94.8 Å². The minimum Gasteiger partial charge on any atom is -0.491 e. The molecule has 7 nitrogen and oxygen atoms in total. The molecule has 2 aromatic carbocycles. The number of hydrogen-bond acceptors (Lipinski definition) is 6. The number of hydrogen-bond donors (Lipinski definition) is 1. The lowest BCUT2D eigenvalue weighted by Crippen LogP contribution is -2.32. The highest BCUT2D eigenvalue weighted by atomic mass is 16.5. The van der Waals surface area contributed by atoms with Crippen molar-refractivity contribution in [2.75, 3.05) is 26.0 Å². The molecule has 3 aromatic rings. The van der Waals surface area contributed by atoms with Crippen LogP contribution >= 0.6 is 0 Å². The number of fused-ring (bicyclic) bond motifs is 1. The third kappa shape index (κ3) is 3.96. The van der Waals surface area contributed by atoms with Crippen molar-refractivity contribution in [3.63, 3.8) is 0 Å². The second-order valence-electron chi connectivity index (χ2n) is 6.94. The highest BCUT2D eigenvalue weighted by Crippen LogP contribution is 2.29. The van der Waals surface area contributed by atoms with Crippen molar-refractivity contribution in [1.82, 2.24) is 9.88 Å². The quantitative estimate of drug-likeness (QED) is 0.675. The van der Waals surface area contributed by atoms with Gasteiger partial charge in [-0.25, -0.2) is 9.78 Å². The molecule has 1 aliphatic rings. The number of nitrogens with zero attached hydrogens (tertiary/aromatic N) is 2. The van der Waals surface area contributed by atoms with E-state index >= 15 is 0 Å². The predicted molar refractivity (Wildman–Crippen MR) is 112 cm³/mol. The average molecular weight is 403 g/mol. The summed E-state index contributed by atoms with van der Waals surface area (Å²) in [6.07, 6.45) is 1.72. The monoisotopic (exact) mass is 403 g/mol. The van der Waals surface area contributed by atoms with Crippen LogP contribution in [0.1, 0.15) is 26.3 Å². The lowest BCUT2D eigenvalue weighted by atomic mass is 10.0. The van der Waals surface area contributed by atoms with E-state index < -0.39 is 5.97 Å². The Morgan fingerprint density at radius 1 is 1.03 bits per heavy atom. The van der Waals surface area contributed by atoms with Gasteiger partial charge in [0.25, 0.3) is 5.91 Å². The number of ether oxygens (including phenoxy) is 2. The van der Waals surface area contributed by atoms with E-state index in [1.54, 1.807) is 41.4 Å². The molecule has 2 heterocycles. The molecule has 0 radical (unpaired) electrons. The van der Waals surface area contributed by atoms with Crippen molar-refractivity contribution in [1.29, 1.82) is 0 Å². The Balaban J connectivity index is 1.57. The number of nitrogen functional groups attached to an aromatic ring is 1. The number of benzene rings is 2. The third-order valence-corrected chi connectivity index (χ3v) is 5.00. The van der Waals surface area contributed by atoms with E-state index in [1.165, 1.54) is 7.11 Å². The number of rotatable bonds is 3. The highest BCUT2D eigenvalue weighted by molar-refractivity contribution is 5.96. The van der Waals surface area contributed by atoms with E-state index in [0.29, 0.717) is 36.6 Å². The molecule has 2 N–H and O–H groups in total. The number of esters is 1. The summed E-state index contributed by atoms with van der Waals surface area (Å²) in [6, 6.07) is 16.0. The summed E-state index contributed by atoms with van der Waals surface area (Å²) in [5.41, 5.74) is 9.41. The van der Waals surface area contributed by atoms with Gasteiger partial charge in [-0.3, -0.25) is 4.79 Å². The number of aromatic nitrogens is 1. The van der Waals surface area contributed by atoms with Gasteiger partial charge in [0, 0.05) is 29.4 Å². The van der Waals surface area contributed by atoms with E-state index in [1.807, 2.05) is 24.3 Å². The van der Waals surface area contributed by atoms with Crippen molar-refractivity contribution in [3.05, 3.63) is 77.5 Å². The number of anilines is 1. The lowest BCUT2D eigenvalue weighted by molar-refractivity contribution is 0.0599. The van der Waals surface area contributed by atoms with Gasteiger partial charge in [0.1, 0.15) is 18.2 Å². The van der Waals surface area contributed by atoms with Crippen molar-refractivity contribution in [3.8, 4) is 16.9 Å². The Hall–Kier alpha value is -3.87. The van der Waals surface area contributed by atoms with Gasteiger partial charge >= 0.3 is 5.97 Å². The summed E-state index contributed by atoms with van der Waals surface area (Å²) in [6.45, 7) is 1.29. The largest absolute Gasteiger partial charge is 0.491 e. The maximum Gasteiger partial charge on any atom is 0.337 e. The minimum absolute atomic E-state index is 0.123. The van der Waals surface area contributed by atoms with E-state index in [0.717, 1.165) is 22.4 Å². The molecular formula is C23H21N3O4. The molecule has 0 bridgehead atoms. The molecule has 0 saturated carbocycles. The van der Waals surface area contributed by atoms with Gasteiger partial charge < -0.3 is 20.1 Å². The fourth-order valence-corrected chi connectivity index (χ4v) is 3.37. The second kappa shape index (κ2) is 8.24. The first-order chi connectivity index (χ1) is 14.5. The molecule has 1 amide bonds. The molecule has 7 heteroatoms. The minimum atomic E-state index is -0.434. The molecule has 0 aliphatic carbocycles. The molecule has 0 atom stereocenters. The summed E-state index contributed by atoms with van der Waals surface area (Å²) in [5, 5.41) is 0. The smallest absolute Gasteiger partial charge is 0.337 e. The first-order valence-electron chi connectivity index (χ1n) is 9.50. The molecular weight excluding hydrogens is 382 g/mol. The van der Waals surface area contributed by atoms with Gasteiger partial charge in [-0.1, -0.05) is 6.07 Å². The van der Waals surface area contributed by atoms with Crippen LogP contribution in [0.25, 0.3) is 11.1 Å². The molecule has 30 heavy (non-hydrogen) atoms. The summed E-state index contributed by atoms with van der Waals surface area (Å²) >= 11 is 0. The second-order valence-corrected chi connectivity index (χ2v) is 6.94. The first-order valence-corrected chi connectivity index (χ1v) is 9.50. The number of pyridine rings is 1. The molecule has 0 saturated heterocycles. The van der Waals surface area contributed by atoms with Crippen molar-refractivity contribution >= 4 is 17.7 Å². The zero-order chi connectivity index (χ0) is 21.1. The standard InChI is InChI=1S/C23H21N3O4/c1-29-23(28)16-4-2-15(3-5-16)22(27)26-10-11-30-20-8-6-17(12-19(20)14-26)18-7-9-21(24)25-13-18/h2-9,12-13H,10-11,14H2,1H3,(H2,24,25). The van der Waals surface area contributed by atoms with Crippen LogP contribution in [0.2, 0.25) is 0 Å². The number of methoxy groups -OCH3 is 1. The Bertz CT molecular complexity index is 1080. The molecule has 152 valence electrons. The SMILES string of the molecule is COC(=O)c1ccc(C(=O)N2CCOc3ccc(-c4ccc(N)nc4)cc3C2)cc1. The zero-order valence-electron chi connectivity index (χ0n) is 16.5. The fourth-order valence-electron chi connectivity index (χ4n) is 3.37. The summed E-state index contributed by atoms with van der Waals surface area (Å²) in [4.78, 5) is 30.5. The van der Waals surface area contributed by atoms with Gasteiger partial charge in [0.05, 0.1) is 19.2 Å². The van der Waals surface area contributed by atoms with Gasteiger partial charge in [0.15, 0.2) is 0 Å². The van der Waals surface area contributed by atoms with Gasteiger partial charge in [-0.05, 0) is 54.1 Å². The van der Waals surface area contributed by atoms with Crippen LogP contribution in [0.4, 0.5) is 5.82 Å². The van der Waals surface area contributed by atoms with E-state index in [-0.39, 0.29) is 5.91 Å². The highest BCUT2D eigenvalue weighted by Gasteiger charge is 2.22. The zero-order valence-corrected chi connectivity index (χ0v) is 16.5. The average Bonchev–Trinajstić information content (AvgIpc) is 3.00. The van der Waals surface area contributed by atoms with E-state index in [9.17, 15) is 9.59 Å². The van der Waals surface area contributed by atoms with Crippen LogP contribution in [-0.4, -0.2) is 42.0 Å². The molecule has 0 unspecified atom stereocenters. The maximum atomic E-state index is 13.0. The molecule has 1 aliphatic heterocycles. The van der Waals surface area contributed by atoms with Crippen LogP contribution in [0.3, 0.4) is 0 Å². The van der Waals surface area contributed by atoms with Crippen LogP contribution < -0.4 is 10.5 Å². The van der Waals surface area contributed by atoms with Crippen molar-refractivity contribution in [2.24, 2.45) is 0 Å². The Morgan fingerprint density at radius 2 is 1.77 bits per heavy atom. The normalized spacial score (nSPS) is 13.0. The van der Waals surface area contributed by atoms with Gasteiger partial charge in [-0.15, -0.1) is 0 Å². The lowest BCUT2D eigenvalue weighted by Gasteiger charge is -2.20. The number of carbonyl (C=O) groups excluding carboxylic acids is 2. The summed E-state index contributed by atoms with van der Waals surface area (Å²) in [5.74, 6) is 0.670. The first kappa shape index (κ1) is 19.4. The van der Waals surface area contributed by atoms with Gasteiger partial charge in [0.2, 0.25) is 0 Å². The van der Waals surface area contributed by atoms with Crippen LogP contribution in [0, 0.1) is 0 Å². The van der Waals surface area contributed by atoms with Gasteiger partial charge in [-0.2, -0.15) is 0 Å². The number of carbonyl (C=O) groups is 2. The molecule has 0 fully saturated rings. The Kier molecular flexibility index (Phi) is 5.34. The maximum absolute atomic E-state index is 13.0. The molecule has 1 aromatic heterocycles. The van der Waals surface area contributed by atoms with E-state index in [2.05, 4.69) is 4.98 Å². The van der Waals surface area contributed by atoms with Crippen LogP contribution in [0.5, 0.6) is 5.75 Å². The Labute approximate surface area is 174 Å². The Morgan fingerprint density at radius 3 is 2.47 bits per heavy atom. The summed E-state index contributed by atoms with van der Waals surface area (Å²) < 4.78 is 10.5. The van der Waals surface area contributed by atoms with Crippen LogP contribution in [0.15, 0.2) is 60.8 Å².